The average Bonchev–Trinajstić information content (AvgIpc) is 2.91. The van der Waals surface area contributed by atoms with Crippen molar-refractivity contribution in [3.8, 4) is 0 Å². The van der Waals surface area contributed by atoms with E-state index in [9.17, 15) is 0 Å². The minimum atomic E-state index is -0.669. The maximum absolute atomic E-state index is 2.32. The van der Waals surface area contributed by atoms with Crippen LogP contribution < -0.4 is 0 Å². The van der Waals surface area contributed by atoms with E-state index in [4.69, 9.17) is 0 Å². The zero-order valence-corrected chi connectivity index (χ0v) is 28.9. The van der Waals surface area contributed by atoms with Crippen LogP contribution >= 0.6 is 0 Å². The molecule has 0 radical (unpaired) electrons. The van der Waals surface area contributed by atoms with Gasteiger partial charge in [0.2, 0.25) is 0 Å². The van der Waals surface area contributed by atoms with Gasteiger partial charge < -0.3 is 0 Å². The van der Waals surface area contributed by atoms with Gasteiger partial charge in [-0.1, -0.05) is 0 Å². The molecule has 0 aromatic rings. The van der Waals surface area contributed by atoms with Crippen molar-refractivity contribution in [1.29, 1.82) is 0 Å². The molecule has 0 spiro atoms. The summed E-state index contributed by atoms with van der Waals surface area (Å²) in [6.45, 7) is 6.97. The zero-order valence-electron chi connectivity index (χ0n) is 26.7. The first-order chi connectivity index (χ1) is 18.3. The summed E-state index contributed by atoms with van der Waals surface area (Å²) in [5, 5.41) is 0. The summed E-state index contributed by atoms with van der Waals surface area (Å²) in [6.07, 6.45) is 44.8. The molecule has 0 saturated carbocycles. The molecule has 0 rings (SSSR count). The molecular formula is C36H75Pt. The molecule has 0 bridgehead atoms. The van der Waals surface area contributed by atoms with Gasteiger partial charge in [0.25, 0.3) is 0 Å². The van der Waals surface area contributed by atoms with Crippen molar-refractivity contribution in [2.75, 3.05) is 0 Å². The van der Waals surface area contributed by atoms with Gasteiger partial charge in [0.05, 0.1) is 0 Å². The van der Waals surface area contributed by atoms with E-state index < -0.39 is 17.3 Å². The Bertz CT molecular complexity index is 322. The van der Waals surface area contributed by atoms with E-state index in [0.29, 0.717) is 0 Å². The SMILES string of the molecule is CCCCCCCCCCC[CH2][Pt]([CH2]CCCCCCCCCCC)[CH2]CCCCCCCCCCC. The molecule has 0 atom stereocenters. The topological polar surface area (TPSA) is 0 Å². The summed E-state index contributed by atoms with van der Waals surface area (Å²) >= 11 is -0.669. The van der Waals surface area contributed by atoms with Gasteiger partial charge in [0, 0.05) is 0 Å². The van der Waals surface area contributed by atoms with E-state index in [2.05, 4.69) is 20.8 Å². The summed E-state index contributed by atoms with van der Waals surface area (Å²) < 4.78 is 0. The summed E-state index contributed by atoms with van der Waals surface area (Å²) in [4.78, 5) is 5.07. The fourth-order valence-electron chi connectivity index (χ4n) is 5.41. The molecule has 1 heteroatoms. The molecule has 37 heavy (non-hydrogen) atoms. The first kappa shape index (κ1) is 37.7. The third-order valence-corrected chi connectivity index (χ3v) is 15.3. The van der Waals surface area contributed by atoms with Crippen LogP contribution in [0.1, 0.15) is 213 Å². The van der Waals surface area contributed by atoms with Gasteiger partial charge in [-0.15, -0.1) is 0 Å². The second-order valence-corrected chi connectivity index (χ2v) is 18.8. The normalized spacial score (nSPS) is 11.9. The molecular weight excluding hydrogens is 627 g/mol. The fourth-order valence-corrected chi connectivity index (χ4v) is 12.2. The summed E-state index contributed by atoms with van der Waals surface area (Å²) in [7, 11) is 0. The number of hydrogen-bond donors (Lipinski definition) is 0. The van der Waals surface area contributed by atoms with E-state index >= 15 is 0 Å². The maximum atomic E-state index is 2.32. The molecule has 0 nitrogen and oxygen atoms in total. The Balaban J connectivity index is 3.87. The van der Waals surface area contributed by atoms with Gasteiger partial charge in [-0.2, -0.15) is 0 Å². The second-order valence-electron chi connectivity index (χ2n) is 12.0. The van der Waals surface area contributed by atoms with Crippen LogP contribution in [0, 0.1) is 0 Å². The molecule has 0 aromatic carbocycles. The molecule has 0 fully saturated rings. The standard InChI is InChI=1S/3C12H25.Pt/c3*1-3-5-7-9-11-12-10-8-6-4-2;/h3*1,3-12H2,2H3;. The van der Waals surface area contributed by atoms with Crippen LogP contribution in [0.3, 0.4) is 0 Å². The Morgan fingerprint density at radius 1 is 0.216 bits per heavy atom. The van der Waals surface area contributed by atoms with Crippen LogP contribution in [0.2, 0.25) is 14.4 Å². The second kappa shape index (κ2) is 34.7. The summed E-state index contributed by atoms with van der Waals surface area (Å²) in [6, 6.07) is 0. The Morgan fingerprint density at radius 2 is 0.378 bits per heavy atom. The van der Waals surface area contributed by atoms with E-state index in [1.54, 1.807) is 53.0 Å². The van der Waals surface area contributed by atoms with Crippen LogP contribution in [0.15, 0.2) is 0 Å². The Hall–Kier alpha value is 0.688. The molecule has 0 aromatic heterocycles. The van der Waals surface area contributed by atoms with Gasteiger partial charge in [0.15, 0.2) is 0 Å². The molecule has 229 valence electrons. The first-order valence-corrected chi connectivity index (χ1v) is 22.6. The number of rotatable bonds is 33. The predicted molar refractivity (Wildman–Crippen MR) is 170 cm³/mol. The van der Waals surface area contributed by atoms with E-state index in [-0.39, 0.29) is 0 Å². The molecule has 0 heterocycles. The van der Waals surface area contributed by atoms with Gasteiger partial charge in [-0.25, -0.2) is 0 Å². The first-order valence-electron chi connectivity index (χ1n) is 17.8. The van der Waals surface area contributed by atoms with Gasteiger partial charge in [-0.05, 0) is 0 Å². The van der Waals surface area contributed by atoms with Crippen molar-refractivity contribution in [3.05, 3.63) is 0 Å². The molecule has 0 aliphatic carbocycles. The third-order valence-electron chi connectivity index (χ3n) is 8.07. The van der Waals surface area contributed by atoms with Crippen molar-refractivity contribution in [1.82, 2.24) is 0 Å². The van der Waals surface area contributed by atoms with Crippen molar-refractivity contribution in [3.63, 3.8) is 0 Å². The van der Waals surface area contributed by atoms with Crippen LogP contribution in [0.25, 0.3) is 0 Å². The fraction of sp³-hybridized carbons (Fsp3) is 1.00. The average molecular weight is 703 g/mol. The Morgan fingerprint density at radius 3 is 0.568 bits per heavy atom. The Kier molecular flexibility index (Phi) is 35.4. The van der Waals surface area contributed by atoms with E-state index in [1.807, 2.05) is 0 Å². The molecule has 0 N–H and O–H groups in total. The molecule has 0 saturated heterocycles. The van der Waals surface area contributed by atoms with E-state index in [0.717, 1.165) is 0 Å². The van der Waals surface area contributed by atoms with Crippen molar-refractivity contribution >= 4 is 0 Å². The Labute approximate surface area is 244 Å². The number of unbranched alkanes of at least 4 members (excludes halogenated alkanes) is 27. The van der Waals surface area contributed by atoms with Gasteiger partial charge in [-0.3, -0.25) is 0 Å². The monoisotopic (exact) mass is 703 g/mol. The van der Waals surface area contributed by atoms with Gasteiger partial charge >= 0.3 is 245 Å². The van der Waals surface area contributed by atoms with Crippen LogP contribution in [0.4, 0.5) is 0 Å². The molecule has 0 aliphatic heterocycles. The van der Waals surface area contributed by atoms with E-state index in [1.165, 1.54) is 154 Å². The summed E-state index contributed by atoms with van der Waals surface area (Å²) in [5.74, 6) is 0. The molecule has 0 amide bonds. The molecule has 0 unspecified atom stereocenters. The quantitative estimate of drug-likeness (QED) is 0.0597. The van der Waals surface area contributed by atoms with Crippen molar-refractivity contribution < 1.29 is 17.3 Å². The van der Waals surface area contributed by atoms with Crippen LogP contribution in [-0.2, 0) is 17.3 Å². The van der Waals surface area contributed by atoms with Crippen LogP contribution in [-0.4, -0.2) is 0 Å². The number of hydrogen-bond acceptors (Lipinski definition) is 0. The molecule has 0 aliphatic rings. The predicted octanol–water partition coefficient (Wildman–Crippen LogP) is 14.6. The van der Waals surface area contributed by atoms with Crippen molar-refractivity contribution in [2.45, 2.75) is 228 Å². The zero-order chi connectivity index (χ0) is 26.9. The minimum absolute atomic E-state index is 0.669. The summed E-state index contributed by atoms with van der Waals surface area (Å²) in [5.41, 5.74) is 0. The van der Waals surface area contributed by atoms with Gasteiger partial charge in [0.1, 0.15) is 0 Å². The van der Waals surface area contributed by atoms with Crippen LogP contribution in [0.5, 0.6) is 0 Å². The van der Waals surface area contributed by atoms with Crippen molar-refractivity contribution in [2.24, 2.45) is 0 Å². The third kappa shape index (κ3) is 32.8.